The summed E-state index contributed by atoms with van der Waals surface area (Å²) in [5.41, 5.74) is -5.46. The lowest BCUT2D eigenvalue weighted by Gasteiger charge is -2.35. The van der Waals surface area contributed by atoms with Gasteiger partial charge in [0.2, 0.25) is 0 Å². The Morgan fingerprint density at radius 3 is 2.23 bits per heavy atom. The predicted molar refractivity (Wildman–Crippen MR) is 79.1 cm³/mol. The molecule has 0 heterocycles. The van der Waals surface area contributed by atoms with E-state index >= 15 is 0 Å². The topological polar surface area (TPSA) is 60.4 Å². The van der Waals surface area contributed by atoms with E-state index in [1.807, 2.05) is 0 Å². The largest absolute Gasteiger partial charge is 0.523 e. The first-order valence-corrected chi connectivity index (χ1v) is 9.94. The number of hydrogen-bond acceptors (Lipinski definition) is 4. The van der Waals surface area contributed by atoms with Crippen molar-refractivity contribution in [3.8, 4) is 0 Å². The Morgan fingerprint density at radius 1 is 1.14 bits per heavy atom. The molecule has 0 aromatic heterocycles. The van der Waals surface area contributed by atoms with Crippen molar-refractivity contribution >= 4 is 26.7 Å². The Kier molecular flexibility index (Phi) is 6.45. The first-order chi connectivity index (χ1) is 10.1. The molecule has 4 nitrogen and oxygen atoms in total. The Hall–Kier alpha value is -1.06. The van der Waals surface area contributed by atoms with Gasteiger partial charge in [0.15, 0.2) is 0 Å². The smallest absolute Gasteiger partial charge is 0.303 e. The monoisotopic (exact) mass is 358 g/mol. The fourth-order valence-electron chi connectivity index (χ4n) is 1.74. The van der Waals surface area contributed by atoms with Crippen molar-refractivity contribution < 1.29 is 30.0 Å². The van der Waals surface area contributed by atoms with Gasteiger partial charge in [-0.3, -0.25) is 0 Å². The number of hydrogen-bond donors (Lipinski definition) is 0. The molecule has 0 saturated heterocycles. The van der Waals surface area contributed by atoms with Gasteiger partial charge in [0.1, 0.15) is 6.29 Å². The zero-order valence-corrected chi connectivity index (χ0v) is 13.5. The molecular formula is C13H17F3O4S2. The third-order valence-corrected chi connectivity index (χ3v) is 7.69. The lowest BCUT2D eigenvalue weighted by Crippen LogP contribution is -2.27. The quantitative estimate of drug-likeness (QED) is 0.404. The molecule has 126 valence electrons. The standard InChI is InChI=1S/C13H17F3O4S2/c1-21(11-7-3-6-10-17,12-8-4-2-5-9-12)20-22(18,19)13(14,15)16/h2,4-5,8-10H,3,6-7,11H2,1H3. The summed E-state index contributed by atoms with van der Waals surface area (Å²) >= 11 is 0. The zero-order valence-electron chi connectivity index (χ0n) is 11.9. The van der Waals surface area contributed by atoms with Gasteiger partial charge < -0.3 is 4.79 Å². The van der Waals surface area contributed by atoms with Crippen LogP contribution in [0.5, 0.6) is 0 Å². The van der Waals surface area contributed by atoms with Crippen molar-refractivity contribution in [2.45, 2.75) is 29.7 Å². The highest BCUT2D eigenvalue weighted by atomic mass is 32.3. The summed E-state index contributed by atoms with van der Waals surface area (Å²) in [7, 11) is -8.34. The van der Waals surface area contributed by atoms with Crippen LogP contribution in [0, 0.1) is 0 Å². The highest BCUT2D eigenvalue weighted by Gasteiger charge is 2.50. The molecule has 0 aliphatic heterocycles. The SMILES string of the molecule is CS(CCCCC=O)(OS(=O)(=O)C(F)(F)F)c1ccccc1. The maximum absolute atomic E-state index is 12.6. The average molecular weight is 358 g/mol. The summed E-state index contributed by atoms with van der Waals surface area (Å²) in [6.45, 7) is 0. The third-order valence-electron chi connectivity index (χ3n) is 2.87. The van der Waals surface area contributed by atoms with Gasteiger partial charge >= 0.3 is 15.6 Å². The molecule has 1 rings (SSSR count). The molecule has 0 saturated carbocycles. The van der Waals surface area contributed by atoms with E-state index in [1.165, 1.54) is 6.26 Å². The summed E-state index contributed by atoms with van der Waals surface area (Å²) in [6, 6.07) is 7.97. The molecule has 1 unspecified atom stereocenters. The molecule has 0 N–H and O–H groups in total. The van der Waals surface area contributed by atoms with Gasteiger partial charge in [-0.2, -0.15) is 21.6 Å². The second-order valence-electron chi connectivity index (χ2n) is 4.65. The van der Waals surface area contributed by atoms with E-state index in [1.54, 1.807) is 30.3 Å². The number of carbonyl (C=O) groups excluding carboxylic acids is 1. The average Bonchev–Trinajstić information content (AvgIpc) is 2.43. The van der Waals surface area contributed by atoms with Crippen LogP contribution < -0.4 is 0 Å². The number of unbranched alkanes of at least 4 members (excludes halogenated alkanes) is 2. The van der Waals surface area contributed by atoms with E-state index in [4.69, 9.17) is 0 Å². The lowest BCUT2D eigenvalue weighted by atomic mass is 10.3. The van der Waals surface area contributed by atoms with Crippen LogP contribution in [-0.2, 0) is 18.5 Å². The Balaban J connectivity index is 3.04. The van der Waals surface area contributed by atoms with Crippen LogP contribution in [0.2, 0.25) is 0 Å². The molecule has 0 radical (unpaired) electrons. The van der Waals surface area contributed by atoms with Crippen LogP contribution >= 0.6 is 10.3 Å². The van der Waals surface area contributed by atoms with Crippen molar-refractivity contribution in [3.05, 3.63) is 30.3 Å². The van der Waals surface area contributed by atoms with Crippen LogP contribution in [0.25, 0.3) is 0 Å². The number of rotatable bonds is 8. The number of halogens is 3. The van der Waals surface area contributed by atoms with Crippen LogP contribution in [-0.4, -0.2) is 32.2 Å². The predicted octanol–water partition coefficient (Wildman–Crippen LogP) is 3.63. The molecule has 22 heavy (non-hydrogen) atoms. The second-order valence-corrected chi connectivity index (χ2v) is 9.46. The van der Waals surface area contributed by atoms with Crippen molar-refractivity contribution in [1.29, 1.82) is 0 Å². The summed E-state index contributed by atoms with van der Waals surface area (Å²) in [6.07, 6.45) is 3.23. The van der Waals surface area contributed by atoms with Crippen LogP contribution in [0.15, 0.2) is 35.2 Å². The Bertz CT molecular complexity index is 587. The first kappa shape index (κ1) is 19.0. The summed E-state index contributed by atoms with van der Waals surface area (Å²) in [4.78, 5) is 10.7. The van der Waals surface area contributed by atoms with Gasteiger partial charge in [-0.15, -0.1) is 0 Å². The summed E-state index contributed by atoms with van der Waals surface area (Å²) in [5.74, 6) is 0.125. The van der Waals surface area contributed by atoms with Crippen molar-refractivity contribution in [2.75, 3.05) is 12.0 Å². The Labute approximate surface area is 129 Å². The normalized spacial score (nSPS) is 16.7. The van der Waals surface area contributed by atoms with Gasteiger partial charge in [0, 0.05) is 17.1 Å². The van der Waals surface area contributed by atoms with E-state index < -0.39 is 25.9 Å². The number of alkyl halides is 3. The summed E-state index contributed by atoms with van der Waals surface area (Å²) < 4.78 is 65.0. The molecule has 1 aromatic carbocycles. The van der Waals surface area contributed by atoms with Gasteiger partial charge in [-0.25, -0.2) is 3.63 Å². The highest BCUT2D eigenvalue weighted by molar-refractivity contribution is 8.32. The lowest BCUT2D eigenvalue weighted by molar-refractivity contribution is -0.107. The molecule has 1 atom stereocenters. The van der Waals surface area contributed by atoms with Gasteiger partial charge in [0.05, 0.1) is 0 Å². The van der Waals surface area contributed by atoms with Crippen LogP contribution in [0.1, 0.15) is 19.3 Å². The highest BCUT2D eigenvalue weighted by Crippen LogP contribution is 2.56. The molecule has 1 aromatic rings. The van der Waals surface area contributed by atoms with Crippen LogP contribution in [0.4, 0.5) is 13.2 Å². The minimum atomic E-state index is -5.68. The molecule has 9 heteroatoms. The fourth-order valence-corrected chi connectivity index (χ4v) is 5.94. The van der Waals surface area contributed by atoms with Crippen LogP contribution in [0.3, 0.4) is 0 Å². The molecule has 0 amide bonds. The van der Waals surface area contributed by atoms with Crippen molar-refractivity contribution in [3.63, 3.8) is 0 Å². The molecule has 0 aliphatic rings. The first-order valence-electron chi connectivity index (χ1n) is 6.39. The van der Waals surface area contributed by atoms with E-state index in [-0.39, 0.29) is 12.2 Å². The maximum atomic E-state index is 12.6. The van der Waals surface area contributed by atoms with Gasteiger partial charge in [-0.1, -0.05) is 28.5 Å². The molecule has 0 spiro atoms. The van der Waals surface area contributed by atoms with Crippen molar-refractivity contribution in [1.82, 2.24) is 0 Å². The van der Waals surface area contributed by atoms with Crippen molar-refractivity contribution in [2.24, 2.45) is 0 Å². The van der Waals surface area contributed by atoms with E-state index in [9.17, 15) is 26.4 Å². The fraction of sp³-hybridized carbons (Fsp3) is 0.462. The summed E-state index contributed by atoms with van der Waals surface area (Å²) in [5, 5.41) is 0. The second kappa shape index (κ2) is 7.47. The van der Waals surface area contributed by atoms with Gasteiger partial charge in [0.25, 0.3) is 0 Å². The number of benzene rings is 1. The third kappa shape index (κ3) is 4.99. The molecule has 0 aliphatic carbocycles. The number of aldehydes is 1. The number of carbonyl (C=O) groups is 1. The van der Waals surface area contributed by atoms with E-state index in [0.717, 1.165) is 0 Å². The van der Waals surface area contributed by atoms with E-state index in [2.05, 4.69) is 3.63 Å². The van der Waals surface area contributed by atoms with E-state index in [0.29, 0.717) is 24.0 Å². The minimum Gasteiger partial charge on any atom is -0.303 e. The maximum Gasteiger partial charge on any atom is 0.523 e. The zero-order chi connectivity index (χ0) is 16.9. The molecule has 0 fully saturated rings. The van der Waals surface area contributed by atoms with Gasteiger partial charge in [-0.05, 0) is 31.2 Å². The minimum absolute atomic E-state index is 0.125. The molecular weight excluding hydrogens is 341 g/mol. The molecule has 0 bridgehead atoms. The Morgan fingerprint density at radius 2 is 1.73 bits per heavy atom.